The third-order valence-corrected chi connectivity index (χ3v) is 13.9. The van der Waals surface area contributed by atoms with Crippen LogP contribution < -0.4 is 16.8 Å². The van der Waals surface area contributed by atoms with E-state index in [0.717, 1.165) is 98.5 Å². The fourth-order valence-corrected chi connectivity index (χ4v) is 9.10. The molecule has 2 fully saturated rings. The number of nitrogens with two attached hydrogens (primary N) is 2. The molecule has 0 bridgehead atoms. The zero-order valence-electron chi connectivity index (χ0n) is 44.9. The van der Waals surface area contributed by atoms with Crippen LogP contribution in [-0.2, 0) is 22.4 Å². The zero-order valence-corrected chi connectivity index (χ0v) is 44.9. The quantitative estimate of drug-likeness (QED) is 0.0553. The van der Waals surface area contributed by atoms with Crippen LogP contribution in [0.2, 0.25) is 0 Å². The van der Waals surface area contributed by atoms with Crippen molar-refractivity contribution in [2.45, 2.75) is 90.3 Å². The van der Waals surface area contributed by atoms with Gasteiger partial charge in [-0.15, -0.1) is 0 Å². The first-order valence-electron chi connectivity index (χ1n) is 26.3. The minimum absolute atomic E-state index is 0.00143. The summed E-state index contributed by atoms with van der Waals surface area (Å²) >= 11 is 0. The number of aromatic carboxylic acids is 1. The average Bonchev–Trinajstić information content (AvgIpc) is 4.11. The number of likely N-dealkylation sites (tertiary alicyclic amines) is 1. The lowest BCUT2D eigenvalue weighted by Crippen LogP contribution is -2.45. The molecule has 0 spiro atoms. The molecule has 8 heterocycles. The molecular formula is C62H66N8O9. The van der Waals surface area contributed by atoms with Gasteiger partial charge in [0.15, 0.2) is 11.6 Å². The largest absolute Gasteiger partial charge is 0.478 e. The normalized spacial score (nSPS) is 14.9. The second-order valence-electron chi connectivity index (χ2n) is 20.7. The molecule has 0 radical (unpaired) electrons. The van der Waals surface area contributed by atoms with Gasteiger partial charge in [-0.3, -0.25) is 24.4 Å². The van der Waals surface area contributed by atoms with Crippen molar-refractivity contribution in [3.05, 3.63) is 167 Å². The number of pyridine rings is 4. The van der Waals surface area contributed by atoms with Crippen LogP contribution in [0, 0.1) is 13.8 Å². The number of ketones is 2. The van der Waals surface area contributed by atoms with Crippen molar-refractivity contribution in [1.29, 1.82) is 0 Å². The van der Waals surface area contributed by atoms with Crippen LogP contribution in [-0.4, -0.2) is 101 Å². The van der Waals surface area contributed by atoms with Crippen LogP contribution in [0.4, 0.5) is 11.6 Å². The molecule has 0 saturated carbocycles. The van der Waals surface area contributed by atoms with Crippen molar-refractivity contribution in [3.8, 4) is 22.5 Å². The van der Waals surface area contributed by atoms with Gasteiger partial charge in [-0.25, -0.2) is 14.8 Å². The van der Waals surface area contributed by atoms with Crippen LogP contribution in [0.15, 0.2) is 131 Å². The fraction of sp³-hybridized carbons (Fsp3) is 0.290. The SMILES string of the molecule is CC1(O)CCNCC1.Cc1cc(-c2ccc(C(=O)N3CCC(C)(O)CC3)cn2)cc2cc(CCC(=O)/C=C/c3ccc(N)nc3)oc12.Cc1cc(-c2ccc(C(=O)O)cn2)cc2cc(CCC(=O)/C=C/c3ccc(N)nc3)oc12. The van der Waals surface area contributed by atoms with E-state index in [1.54, 1.807) is 72.1 Å². The molecule has 0 atom stereocenters. The number of hydrogen-bond donors (Lipinski definition) is 6. The van der Waals surface area contributed by atoms with Gasteiger partial charge >= 0.3 is 5.97 Å². The van der Waals surface area contributed by atoms with E-state index in [2.05, 4.69) is 25.3 Å². The molecule has 1 amide bonds. The maximum Gasteiger partial charge on any atom is 0.337 e. The lowest BCUT2D eigenvalue weighted by atomic mass is 9.93. The number of amides is 1. The third kappa shape index (κ3) is 15.7. The van der Waals surface area contributed by atoms with E-state index in [1.807, 2.05) is 76.2 Å². The number of hydrogen-bond acceptors (Lipinski definition) is 15. The summed E-state index contributed by atoms with van der Waals surface area (Å²) in [5, 5.41) is 33.6. The number of rotatable bonds is 14. The fourth-order valence-electron chi connectivity index (χ4n) is 9.10. The maximum absolute atomic E-state index is 12.9. The van der Waals surface area contributed by atoms with Crippen molar-refractivity contribution >= 4 is 69.2 Å². The Morgan fingerprint density at radius 1 is 0.608 bits per heavy atom. The molecule has 8 aromatic rings. The highest BCUT2D eigenvalue weighted by Gasteiger charge is 2.30. The smallest absolute Gasteiger partial charge is 0.337 e. The Labute approximate surface area is 458 Å². The number of carboxylic acid groups (broad SMARTS) is 1. The number of benzene rings is 2. The molecule has 2 aromatic carbocycles. The number of nitrogens with zero attached hydrogens (tertiary/aromatic N) is 5. The van der Waals surface area contributed by atoms with Crippen molar-refractivity contribution in [2.24, 2.45) is 0 Å². The summed E-state index contributed by atoms with van der Waals surface area (Å²) in [7, 11) is 0. The first-order valence-corrected chi connectivity index (χ1v) is 26.3. The summed E-state index contributed by atoms with van der Waals surface area (Å²) in [5.41, 5.74) is 19.1. The summed E-state index contributed by atoms with van der Waals surface area (Å²) in [6, 6.07) is 25.7. The first-order chi connectivity index (χ1) is 37.8. The highest BCUT2D eigenvalue weighted by atomic mass is 16.4. The van der Waals surface area contributed by atoms with Gasteiger partial charge < -0.3 is 45.8 Å². The van der Waals surface area contributed by atoms with Gasteiger partial charge in [-0.1, -0.05) is 0 Å². The topological polar surface area (TPSA) is 274 Å². The number of aromatic nitrogens is 4. The van der Waals surface area contributed by atoms with E-state index in [1.165, 1.54) is 18.3 Å². The Hall–Kier alpha value is -8.64. The Balaban J connectivity index is 0.000000185. The highest BCUT2D eigenvalue weighted by molar-refractivity contribution is 5.96. The van der Waals surface area contributed by atoms with Crippen LogP contribution in [0.1, 0.15) is 107 Å². The number of carbonyl (C=O) groups excluding carboxylic acids is 3. The molecule has 408 valence electrons. The van der Waals surface area contributed by atoms with Crippen LogP contribution in [0.5, 0.6) is 0 Å². The van der Waals surface area contributed by atoms with E-state index < -0.39 is 11.6 Å². The van der Waals surface area contributed by atoms with Gasteiger partial charge in [0.25, 0.3) is 5.91 Å². The number of allylic oxidation sites excluding steroid dienone is 2. The van der Waals surface area contributed by atoms with Crippen molar-refractivity contribution in [1.82, 2.24) is 30.2 Å². The van der Waals surface area contributed by atoms with E-state index in [-0.39, 0.29) is 28.6 Å². The van der Waals surface area contributed by atoms with Crippen LogP contribution >= 0.6 is 0 Å². The van der Waals surface area contributed by atoms with Gasteiger partial charge in [-0.05, 0) is 198 Å². The van der Waals surface area contributed by atoms with Gasteiger partial charge in [0.05, 0.1) is 33.7 Å². The Bertz CT molecular complexity index is 3490. The van der Waals surface area contributed by atoms with E-state index >= 15 is 0 Å². The number of carboxylic acids is 1. The van der Waals surface area contributed by atoms with Gasteiger partial charge in [-0.2, -0.15) is 0 Å². The zero-order chi connectivity index (χ0) is 56.3. The number of fused-ring (bicyclic) bond motifs is 2. The molecule has 0 aliphatic carbocycles. The molecule has 8 N–H and O–H groups in total. The van der Waals surface area contributed by atoms with Gasteiger partial charge in [0.2, 0.25) is 0 Å². The summed E-state index contributed by atoms with van der Waals surface area (Å²) in [5.74, 6) is 1.26. The number of aliphatic hydroxyl groups is 2. The molecule has 2 aliphatic heterocycles. The average molecular weight is 1070 g/mol. The second kappa shape index (κ2) is 25.2. The highest BCUT2D eigenvalue weighted by Crippen LogP contribution is 2.32. The predicted octanol–water partition coefficient (Wildman–Crippen LogP) is 9.80. The monoisotopic (exact) mass is 1070 g/mol. The number of carbonyl (C=O) groups is 4. The summed E-state index contributed by atoms with van der Waals surface area (Å²) in [4.78, 5) is 67.1. The molecular weight excluding hydrogens is 1000 g/mol. The molecule has 2 aliphatic rings. The van der Waals surface area contributed by atoms with Gasteiger partial charge in [0, 0.05) is 85.5 Å². The molecule has 6 aromatic heterocycles. The number of aryl methyl sites for hydroxylation is 4. The molecule has 0 unspecified atom stereocenters. The summed E-state index contributed by atoms with van der Waals surface area (Å²) in [6.07, 6.45) is 17.3. The van der Waals surface area contributed by atoms with E-state index in [9.17, 15) is 29.4 Å². The van der Waals surface area contributed by atoms with Crippen molar-refractivity contribution < 1.29 is 43.3 Å². The molecule has 17 nitrogen and oxygen atoms in total. The molecule has 17 heteroatoms. The van der Waals surface area contributed by atoms with E-state index in [4.69, 9.17) is 25.4 Å². The number of piperidine rings is 2. The minimum Gasteiger partial charge on any atom is -0.478 e. The Morgan fingerprint density at radius 3 is 1.46 bits per heavy atom. The maximum atomic E-state index is 12.9. The Morgan fingerprint density at radius 2 is 1.06 bits per heavy atom. The second-order valence-corrected chi connectivity index (χ2v) is 20.7. The molecule has 10 rings (SSSR count). The van der Waals surface area contributed by atoms with E-state index in [0.29, 0.717) is 74.5 Å². The van der Waals surface area contributed by atoms with Crippen LogP contribution in [0.25, 0.3) is 56.6 Å². The standard InChI is InChI=1S/C31H32N4O4.C25H21N3O4.C6H13NO/c1-20-15-23(27-9-5-22(19-33-27)30(37)35-13-11-31(2,38)12-14-35)16-24-17-26(39-29(20)24)8-7-25(36)6-3-21-4-10-28(32)34-18-21;1-15-10-18(22-8-4-17(14-27-22)25(30)31)11-19-12-21(32-24(15)19)7-6-20(29)5-2-16-3-9-23(26)28-13-16;1-6(8)2-4-7-5-3-6/h3-6,9-10,15-19,38H,7-8,11-14H2,1-2H3,(H2,32,34);2-5,8-14H,6-7H2,1H3,(H2,26,28)(H,30,31);7-8H,2-5H2,1H3/b6-3+;5-2+;. The third-order valence-electron chi connectivity index (χ3n) is 13.9. The number of nitrogen functional groups attached to an aromatic ring is 2. The number of nitrogens with one attached hydrogen (secondary N) is 1. The molecule has 79 heavy (non-hydrogen) atoms. The minimum atomic E-state index is -1.01. The van der Waals surface area contributed by atoms with Crippen molar-refractivity contribution in [2.75, 3.05) is 37.6 Å². The van der Waals surface area contributed by atoms with Crippen molar-refractivity contribution in [3.63, 3.8) is 0 Å². The molecule has 2 saturated heterocycles. The van der Waals surface area contributed by atoms with Gasteiger partial charge in [0.1, 0.15) is 34.3 Å². The van der Waals surface area contributed by atoms with Crippen LogP contribution in [0.3, 0.4) is 0 Å². The lowest BCUT2D eigenvalue weighted by molar-refractivity contribution is -0.115. The predicted molar refractivity (Wildman–Crippen MR) is 306 cm³/mol. The number of anilines is 2. The first kappa shape index (κ1) is 56.6. The number of furan rings is 2. The lowest BCUT2D eigenvalue weighted by Gasteiger charge is -2.35. The Kier molecular flexibility index (Phi) is 18.1. The summed E-state index contributed by atoms with van der Waals surface area (Å²) < 4.78 is 12.0. The summed E-state index contributed by atoms with van der Waals surface area (Å²) in [6.45, 7) is 10.6.